The van der Waals surface area contributed by atoms with Gasteiger partial charge in [0.2, 0.25) is 11.8 Å². The third kappa shape index (κ3) is 6.39. The highest BCUT2D eigenvalue weighted by Crippen LogP contribution is 2.16. The van der Waals surface area contributed by atoms with Crippen LogP contribution in [-0.4, -0.2) is 48.1 Å². The molecule has 2 amide bonds. The molecule has 1 atom stereocenters. The van der Waals surface area contributed by atoms with Crippen LogP contribution in [0.5, 0.6) is 5.75 Å². The third-order valence-electron chi connectivity index (χ3n) is 4.51. The first kappa shape index (κ1) is 21.4. The van der Waals surface area contributed by atoms with Gasteiger partial charge in [0.15, 0.2) is 0 Å². The Labute approximate surface area is 166 Å². The lowest BCUT2D eigenvalue weighted by molar-refractivity contribution is -0.140. The van der Waals surface area contributed by atoms with Crippen LogP contribution in [0.2, 0.25) is 0 Å². The van der Waals surface area contributed by atoms with Crippen molar-refractivity contribution in [1.82, 2.24) is 10.2 Å². The van der Waals surface area contributed by atoms with Crippen LogP contribution in [0.25, 0.3) is 0 Å². The third-order valence-corrected chi connectivity index (χ3v) is 4.51. The summed E-state index contributed by atoms with van der Waals surface area (Å²) in [6, 6.07) is 16.3. The molecule has 0 aliphatic heterocycles. The smallest absolute Gasteiger partial charge is 0.242 e. The van der Waals surface area contributed by atoms with Crippen LogP contribution < -0.4 is 10.1 Å². The number of ether oxygens (including phenoxy) is 1. The maximum Gasteiger partial charge on any atom is 0.242 e. The first-order chi connectivity index (χ1) is 13.5. The summed E-state index contributed by atoms with van der Waals surface area (Å²) >= 11 is 0. The van der Waals surface area contributed by atoms with E-state index < -0.39 is 6.04 Å². The second-order valence-electron chi connectivity index (χ2n) is 6.58. The Kier molecular flexibility index (Phi) is 8.49. The van der Waals surface area contributed by atoms with E-state index in [0.29, 0.717) is 19.5 Å². The first-order valence-corrected chi connectivity index (χ1v) is 9.40. The number of aliphatic hydroxyl groups is 1. The van der Waals surface area contributed by atoms with Crippen LogP contribution in [-0.2, 0) is 22.6 Å². The lowest BCUT2D eigenvalue weighted by Gasteiger charge is -2.29. The molecule has 0 aromatic heterocycles. The van der Waals surface area contributed by atoms with Crippen LogP contribution in [0.15, 0.2) is 54.6 Å². The lowest BCUT2D eigenvalue weighted by atomic mass is 10.1. The van der Waals surface area contributed by atoms with Gasteiger partial charge in [0.1, 0.15) is 11.8 Å². The maximum absolute atomic E-state index is 13.0. The van der Waals surface area contributed by atoms with Gasteiger partial charge in [-0.25, -0.2) is 0 Å². The quantitative estimate of drug-likeness (QED) is 0.615. The average molecular weight is 384 g/mol. The molecule has 6 nitrogen and oxygen atoms in total. The summed E-state index contributed by atoms with van der Waals surface area (Å²) < 4.78 is 5.18. The Morgan fingerprint density at radius 3 is 2.36 bits per heavy atom. The zero-order valence-corrected chi connectivity index (χ0v) is 16.4. The number of carbonyl (C=O) groups is 2. The van der Waals surface area contributed by atoms with Crippen molar-refractivity contribution in [2.45, 2.75) is 32.4 Å². The van der Waals surface area contributed by atoms with Crippen molar-refractivity contribution in [3.05, 3.63) is 65.7 Å². The number of aliphatic hydroxyl groups excluding tert-OH is 1. The zero-order chi connectivity index (χ0) is 20.4. The van der Waals surface area contributed by atoms with E-state index in [0.717, 1.165) is 16.9 Å². The predicted octanol–water partition coefficient (Wildman–Crippen LogP) is 2.15. The van der Waals surface area contributed by atoms with Crippen LogP contribution >= 0.6 is 0 Å². The summed E-state index contributed by atoms with van der Waals surface area (Å²) in [5.74, 6) is 0.385. The number of methoxy groups -OCH3 is 1. The Morgan fingerprint density at radius 1 is 1.07 bits per heavy atom. The Hall–Kier alpha value is -2.86. The van der Waals surface area contributed by atoms with Gasteiger partial charge < -0.3 is 20.1 Å². The molecule has 0 spiro atoms. The van der Waals surface area contributed by atoms with Crippen LogP contribution in [0.4, 0.5) is 0 Å². The molecular formula is C22H28N2O4. The highest BCUT2D eigenvalue weighted by atomic mass is 16.5. The molecule has 0 fully saturated rings. The molecule has 2 rings (SSSR count). The van der Waals surface area contributed by atoms with Crippen LogP contribution in [0.1, 0.15) is 24.5 Å². The summed E-state index contributed by atoms with van der Waals surface area (Å²) in [7, 11) is 1.60. The maximum atomic E-state index is 13.0. The van der Waals surface area contributed by atoms with E-state index >= 15 is 0 Å². The van der Waals surface area contributed by atoms with Crippen molar-refractivity contribution in [3.63, 3.8) is 0 Å². The number of hydrogen-bond acceptors (Lipinski definition) is 4. The minimum atomic E-state index is -0.628. The molecule has 28 heavy (non-hydrogen) atoms. The van der Waals surface area contributed by atoms with E-state index in [2.05, 4.69) is 5.32 Å². The molecule has 0 aliphatic rings. The first-order valence-electron chi connectivity index (χ1n) is 9.40. The van der Waals surface area contributed by atoms with Crippen LogP contribution in [0.3, 0.4) is 0 Å². The molecule has 0 bridgehead atoms. The zero-order valence-electron chi connectivity index (χ0n) is 16.4. The van der Waals surface area contributed by atoms with E-state index in [1.54, 1.807) is 18.9 Å². The van der Waals surface area contributed by atoms with Gasteiger partial charge in [-0.1, -0.05) is 42.5 Å². The molecule has 150 valence electrons. The molecule has 0 heterocycles. The number of nitrogens with zero attached hydrogens (tertiary/aromatic N) is 1. The Balaban J connectivity index is 2.15. The van der Waals surface area contributed by atoms with Gasteiger partial charge in [-0.3, -0.25) is 9.59 Å². The van der Waals surface area contributed by atoms with Gasteiger partial charge in [-0.05, 0) is 36.6 Å². The number of nitrogens with one attached hydrogen (secondary N) is 1. The van der Waals surface area contributed by atoms with Gasteiger partial charge >= 0.3 is 0 Å². The summed E-state index contributed by atoms with van der Waals surface area (Å²) in [5.41, 5.74) is 1.82. The lowest BCUT2D eigenvalue weighted by Crippen LogP contribution is -2.48. The average Bonchev–Trinajstić information content (AvgIpc) is 2.72. The van der Waals surface area contributed by atoms with Gasteiger partial charge in [-0.2, -0.15) is 0 Å². The van der Waals surface area contributed by atoms with E-state index in [1.807, 2.05) is 54.6 Å². The van der Waals surface area contributed by atoms with Gasteiger partial charge in [0.25, 0.3) is 0 Å². The van der Waals surface area contributed by atoms with Crippen LogP contribution in [0, 0.1) is 0 Å². The van der Waals surface area contributed by atoms with Crippen molar-refractivity contribution in [3.8, 4) is 5.75 Å². The molecule has 6 heteroatoms. The van der Waals surface area contributed by atoms with Gasteiger partial charge in [0.05, 0.1) is 13.5 Å². The molecule has 0 saturated carbocycles. The molecule has 0 radical (unpaired) electrons. The minimum absolute atomic E-state index is 0.0111. The molecule has 0 saturated heterocycles. The topological polar surface area (TPSA) is 78.9 Å². The summed E-state index contributed by atoms with van der Waals surface area (Å²) in [4.78, 5) is 27.1. The monoisotopic (exact) mass is 384 g/mol. The second-order valence-corrected chi connectivity index (χ2v) is 6.58. The normalized spacial score (nSPS) is 11.5. The molecule has 2 aromatic rings. The summed E-state index contributed by atoms with van der Waals surface area (Å²) in [6.45, 7) is 2.44. The molecular weight excluding hydrogens is 356 g/mol. The van der Waals surface area contributed by atoms with E-state index in [-0.39, 0.29) is 24.8 Å². The predicted molar refractivity (Wildman–Crippen MR) is 108 cm³/mol. The van der Waals surface area contributed by atoms with Crippen molar-refractivity contribution in [2.75, 3.05) is 20.3 Å². The molecule has 2 N–H and O–H groups in total. The fourth-order valence-electron chi connectivity index (χ4n) is 2.82. The second kappa shape index (κ2) is 11.1. The highest BCUT2D eigenvalue weighted by molar-refractivity contribution is 5.88. The fourth-order valence-corrected chi connectivity index (χ4v) is 2.82. The summed E-state index contributed by atoms with van der Waals surface area (Å²) in [5, 5.41) is 11.7. The summed E-state index contributed by atoms with van der Waals surface area (Å²) in [6.07, 6.45) is 0.708. The van der Waals surface area contributed by atoms with Crippen molar-refractivity contribution < 1.29 is 19.4 Å². The fraction of sp³-hybridized carbons (Fsp3) is 0.364. The number of hydrogen-bond donors (Lipinski definition) is 2. The standard InChI is InChI=1S/C22H28N2O4/c1-17(22(27)23-13-6-14-25)24(16-19-9-11-20(28-2)12-10-19)21(26)15-18-7-4-3-5-8-18/h3-5,7-12,17,25H,6,13-16H2,1-2H3,(H,23,27)/t17-/m0/s1. The number of benzene rings is 2. The van der Waals surface area contributed by atoms with E-state index in [1.165, 1.54) is 0 Å². The number of amides is 2. The number of carbonyl (C=O) groups excluding carboxylic acids is 2. The van der Waals surface area contributed by atoms with Gasteiger partial charge in [0, 0.05) is 19.7 Å². The Bertz CT molecular complexity index is 747. The van der Waals surface area contributed by atoms with E-state index in [4.69, 9.17) is 9.84 Å². The molecule has 0 aliphatic carbocycles. The number of rotatable bonds is 10. The SMILES string of the molecule is COc1ccc(CN(C(=O)Cc2ccccc2)[C@@H](C)C(=O)NCCCO)cc1. The minimum Gasteiger partial charge on any atom is -0.497 e. The highest BCUT2D eigenvalue weighted by Gasteiger charge is 2.26. The van der Waals surface area contributed by atoms with E-state index in [9.17, 15) is 9.59 Å². The van der Waals surface area contributed by atoms with Crippen molar-refractivity contribution in [2.24, 2.45) is 0 Å². The van der Waals surface area contributed by atoms with Gasteiger partial charge in [-0.15, -0.1) is 0 Å². The largest absolute Gasteiger partial charge is 0.497 e. The van der Waals surface area contributed by atoms with Crippen molar-refractivity contribution >= 4 is 11.8 Å². The Morgan fingerprint density at radius 2 is 1.75 bits per heavy atom. The molecule has 2 aromatic carbocycles. The molecule has 0 unspecified atom stereocenters. The van der Waals surface area contributed by atoms with Crippen molar-refractivity contribution in [1.29, 1.82) is 0 Å².